The van der Waals surface area contributed by atoms with E-state index < -0.39 is 116 Å². The number of carbonyl (C=O) groups is 1. The molecule has 0 radical (unpaired) electrons. The summed E-state index contributed by atoms with van der Waals surface area (Å²) in [6.07, 6.45) is -11.6. The molecule has 0 spiro atoms. The second-order valence-corrected chi connectivity index (χ2v) is 24.7. The zero-order valence-corrected chi connectivity index (χ0v) is 43.3. The molecule has 400 valence electrons. The molecule has 7 fully saturated rings. The molecule has 1 aromatic carbocycles. The van der Waals surface area contributed by atoms with Crippen molar-refractivity contribution in [2.24, 2.45) is 56.7 Å². The Kier molecular flexibility index (Phi) is 15.0. The van der Waals surface area contributed by atoms with Crippen molar-refractivity contribution in [3.63, 3.8) is 0 Å². The summed E-state index contributed by atoms with van der Waals surface area (Å²) in [6.45, 7) is 19.7. The molecule has 71 heavy (non-hydrogen) atoms. The van der Waals surface area contributed by atoms with Crippen LogP contribution in [0, 0.1) is 56.7 Å². The maximum absolute atomic E-state index is 14.7. The first kappa shape index (κ1) is 53.7. The van der Waals surface area contributed by atoms with Gasteiger partial charge in [0.2, 0.25) is 5.91 Å². The van der Waals surface area contributed by atoms with Gasteiger partial charge in [-0.15, -0.1) is 0 Å². The maximum atomic E-state index is 14.7. The number of fused-ring (bicyclic) bond motifs is 7. The van der Waals surface area contributed by atoms with Crippen molar-refractivity contribution in [3.8, 4) is 0 Å². The molecule has 3 heterocycles. The summed E-state index contributed by atoms with van der Waals surface area (Å²) in [5.41, 5.74) is 1.50. The van der Waals surface area contributed by atoms with E-state index in [0.717, 1.165) is 56.9 Å². The van der Waals surface area contributed by atoms with E-state index in [2.05, 4.69) is 72.0 Å². The molecular weight excluding hydrogens is 915 g/mol. The molecule has 0 bridgehead atoms. The Morgan fingerprint density at radius 3 is 1.90 bits per heavy atom. The van der Waals surface area contributed by atoms with Gasteiger partial charge in [-0.3, -0.25) is 4.79 Å². The van der Waals surface area contributed by atoms with Crippen molar-refractivity contribution in [3.05, 3.63) is 47.5 Å². The highest BCUT2D eigenvalue weighted by molar-refractivity contribution is 5.84. The largest absolute Gasteiger partial charge is 0.394 e. The number of hydrogen-bond acceptors (Lipinski definition) is 15. The zero-order chi connectivity index (χ0) is 51.3. The van der Waals surface area contributed by atoms with Gasteiger partial charge in [0.15, 0.2) is 18.9 Å². The van der Waals surface area contributed by atoms with Gasteiger partial charge in [0, 0.05) is 6.54 Å². The molecule has 25 atom stereocenters. The molecule has 1 aromatic rings. The van der Waals surface area contributed by atoms with Gasteiger partial charge < -0.3 is 74.6 Å². The van der Waals surface area contributed by atoms with Gasteiger partial charge in [0.25, 0.3) is 0 Å². The Morgan fingerprint density at radius 1 is 0.662 bits per heavy atom. The Labute approximate surface area is 419 Å². The second kappa shape index (κ2) is 19.8. The lowest BCUT2D eigenvalue weighted by atomic mass is 9.33. The summed E-state index contributed by atoms with van der Waals surface area (Å²) >= 11 is 0. The van der Waals surface area contributed by atoms with Crippen LogP contribution >= 0.6 is 0 Å². The smallest absolute Gasteiger partial charge is 0.227 e. The van der Waals surface area contributed by atoms with E-state index in [1.165, 1.54) is 19.4 Å². The monoisotopic (exact) mass is 1000 g/mol. The molecule has 3 saturated heterocycles. The SMILES string of the molecule is C[C@H]1[C@H](C)CC[C@]2(C(=O)NCc3ccccc3)CC[C@]3(C)C(=CC[C@@H]4[C@@]5(C)CC[C@H](O[C@@H]6O[C@H](CO)[C@@H](O[C@@H]7O[C@@H](C)[C@H](O)[C@@H](O)[C@H]7O)[C@H](O)[C@H]6O[C@@H]6O[C@@H](C)[C@H](O)[C@@H](O)[C@H]6O)C(C)(C)[C@@H]5CC[C@]43C)[C@H]12. The average molecular weight is 1000 g/mol. The highest BCUT2D eigenvalue weighted by atomic mass is 16.8. The van der Waals surface area contributed by atoms with Gasteiger partial charge in [-0.1, -0.05) is 90.4 Å². The molecule has 9 rings (SSSR count). The number of benzene rings is 1. The lowest BCUT2D eigenvalue weighted by Gasteiger charge is -2.71. The van der Waals surface area contributed by atoms with Crippen LogP contribution < -0.4 is 5.32 Å². The van der Waals surface area contributed by atoms with Gasteiger partial charge in [0.05, 0.1) is 30.3 Å². The van der Waals surface area contributed by atoms with Gasteiger partial charge in [0.1, 0.15) is 61.0 Å². The van der Waals surface area contributed by atoms with Crippen LogP contribution in [0.5, 0.6) is 0 Å². The van der Waals surface area contributed by atoms with Crippen LogP contribution in [0.3, 0.4) is 0 Å². The predicted octanol–water partition coefficient (Wildman–Crippen LogP) is 3.85. The van der Waals surface area contributed by atoms with Crippen molar-refractivity contribution in [1.82, 2.24) is 5.32 Å². The third kappa shape index (κ3) is 8.71. The first-order valence-electron chi connectivity index (χ1n) is 26.8. The van der Waals surface area contributed by atoms with Gasteiger partial charge in [-0.05, 0) is 128 Å². The van der Waals surface area contributed by atoms with Crippen molar-refractivity contribution in [1.29, 1.82) is 0 Å². The van der Waals surface area contributed by atoms with Crippen LogP contribution in [0.15, 0.2) is 42.0 Å². The first-order chi connectivity index (χ1) is 33.4. The van der Waals surface area contributed by atoms with Gasteiger partial charge >= 0.3 is 0 Å². The first-order valence-corrected chi connectivity index (χ1v) is 26.8. The molecule has 16 heteroatoms. The maximum Gasteiger partial charge on any atom is 0.227 e. The van der Waals surface area contributed by atoms with Crippen LogP contribution in [0.2, 0.25) is 0 Å². The summed E-state index contributed by atoms with van der Waals surface area (Å²) in [6, 6.07) is 10.2. The standard InChI is InChI=1S/C55H85NO15/c1-27-17-22-55(50(65)56-25-31-13-11-10-12-14-31)24-23-53(8)32(37(55)28(27)2)15-16-35-52(7)20-19-36(51(5,6)34(52)18-21-54(35,53)9)69-49-46(71-48-43(63)41(61)39(59)30(4)67-48)44(64)45(33(26-57)68-49)70-47-42(62)40(60)38(58)29(3)66-47/h10-15,27-30,33-49,57-64H,16-26H2,1-9H3,(H,56,65)/t27-,28+,29+,30+,33-,34+,35-,36+,37+,38+,39+,40-,41-,42-,43-,44+,45-,46-,47+,48+,49+,52+,53-,54-,55+/m1/s1. The molecule has 9 N–H and O–H groups in total. The van der Waals surface area contributed by atoms with E-state index in [4.69, 9.17) is 28.4 Å². The molecule has 16 nitrogen and oxygen atoms in total. The number of carbonyl (C=O) groups excluding carboxylic acids is 1. The number of aliphatic hydroxyl groups excluding tert-OH is 8. The van der Waals surface area contributed by atoms with Crippen LogP contribution in [-0.4, -0.2) is 152 Å². The summed E-state index contributed by atoms with van der Waals surface area (Å²) in [7, 11) is 0. The van der Waals surface area contributed by atoms with Crippen molar-refractivity contribution >= 4 is 5.91 Å². The predicted molar refractivity (Wildman–Crippen MR) is 258 cm³/mol. The number of allylic oxidation sites excluding steroid dienone is 2. The van der Waals surface area contributed by atoms with E-state index in [1.807, 2.05) is 18.2 Å². The third-order valence-electron chi connectivity index (χ3n) is 21.0. The van der Waals surface area contributed by atoms with Crippen LogP contribution in [0.1, 0.15) is 126 Å². The molecule has 4 saturated carbocycles. The molecule has 0 aromatic heterocycles. The quantitative estimate of drug-likeness (QED) is 0.119. The minimum Gasteiger partial charge on any atom is -0.394 e. The molecular formula is C55H85NO15. The molecule has 5 aliphatic carbocycles. The average Bonchev–Trinajstić information content (AvgIpc) is 3.34. The normalized spacial score (nSPS) is 51.7. The van der Waals surface area contributed by atoms with E-state index in [0.29, 0.717) is 30.7 Å². The van der Waals surface area contributed by atoms with Gasteiger partial charge in [-0.25, -0.2) is 0 Å². The lowest BCUT2D eigenvalue weighted by Crippen LogP contribution is -2.68. The molecule has 3 aliphatic heterocycles. The highest BCUT2D eigenvalue weighted by Crippen LogP contribution is 2.76. The lowest BCUT2D eigenvalue weighted by molar-refractivity contribution is -0.393. The van der Waals surface area contributed by atoms with Crippen molar-refractivity contribution in [2.75, 3.05) is 6.61 Å². The van der Waals surface area contributed by atoms with E-state index >= 15 is 0 Å². The Morgan fingerprint density at radius 2 is 1.28 bits per heavy atom. The zero-order valence-electron chi connectivity index (χ0n) is 43.3. The van der Waals surface area contributed by atoms with E-state index in [-0.39, 0.29) is 34.0 Å². The Balaban J connectivity index is 0.975. The summed E-state index contributed by atoms with van der Waals surface area (Å²) < 4.78 is 37.4. The minimum atomic E-state index is -1.73. The minimum absolute atomic E-state index is 0.0320. The van der Waals surface area contributed by atoms with Crippen LogP contribution in [-0.2, 0) is 39.8 Å². The Hall–Kier alpha value is -2.13. The topological polar surface area (TPSA) is 246 Å². The van der Waals surface area contributed by atoms with Crippen LogP contribution in [0.25, 0.3) is 0 Å². The number of ether oxygens (including phenoxy) is 6. The molecule has 0 unspecified atom stereocenters. The Bertz CT molecular complexity index is 2080. The number of amides is 1. The fourth-order valence-electron chi connectivity index (χ4n) is 16.2. The van der Waals surface area contributed by atoms with Crippen LogP contribution in [0.4, 0.5) is 0 Å². The summed E-state index contributed by atoms with van der Waals surface area (Å²) in [5.74, 6) is 1.80. The van der Waals surface area contributed by atoms with E-state index in [1.54, 1.807) is 0 Å². The summed E-state index contributed by atoms with van der Waals surface area (Å²) in [4.78, 5) is 14.7. The number of nitrogens with one attached hydrogen (secondary N) is 1. The molecule has 8 aliphatic rings. The molecule has 1 amide bonds. The second-order valence-electron chi connectivity index (χ2n) is 24.7. The van der Waals surface area contributed by atoms with Crippen molar-refractivity contribution < 1.29 is 74.1 Å². The fraction of sp³-hybridized carbons (Fsp3) is 0.836. The number of rotatable bonds is 10. The fourth-order valence-corrected chi connectivity index (χ4v) is 16.2. The van der Waals surface area contributed by atoms with Gasteiger partial charge in [-0.2, -0.15) is 0 Å². The van der Waals surface area contributed by atoms with Crippen molar-refractivity contribution in [2.45, 2.75) is 225 Å². The van der Waals surface area contributed by atoms with E-state index in [9.17, 15) is 45.6 Å². The highest BCUT2D eigenvalue weighted by Gasteiger charge is 2.70. The summed E-state index contributed by atoms with van der Waals surface area (Å²) in [5, 5.41) is 90.6. The number of hydrogen-bond donors (Lipinski definition) is 9. The number of aliphatic hydroxyl groups is 8. The third-order valence-corrected chi connectivity index (χ3v) is 21.0.